The van der Waals surface area contributed by atoms with Gasteiger partial charge in [-0.3, -0.25) is 23.6 Å². The summed E-state index contributed by atoms with van der Waals surface area (Å²) >= 11 is 1.09. The van der Waals surface area contributed by atoms with Gasteiger partial charge in [0.2, 0.25) is 0 Å². The minimum atomic E-state index is -3.38. The Morgan fingerprint density at radius 3 is 2.06 bits per heavy atom. The van der Waals surface area contributed by atoms with Gasteiger partial charge in [-0.1, -0.05) is 96.2 Å². The molecule has 1 aromatic heterocycles. The van der Waals surface area contributed by atoms with Crippen LogP contribution in [-0.4, -0.2) is 90.5 Å². The minimum absolute atomic E-state index is 0.108. The summed E-state index contributed by atoms with van der Waals surface area (Å²) in [6.45, 7) is -0.0423. The van der Waals surface area contributed by atoms with Gasteiger partial charge in [0.25, 0.3) is 11.8 Å². The largest absolute Gasteiger partial charge is 0.477 e. The lowest BCUT2D eigenvalue weighted by Crippen LogP contribution is -2.74. The van der Waals surface area contributed by atoms with E-state index >= 15 is 0 Å². The summed E-state index contributed by atoms with van der Waals surface area (Å²) in [5, 5.41) is 20.2. The Morgan fingerprint density at radius 2 is 1.54 bits per heavy atom. The van der Waals surface area contributed by atoms with Crippen molar-refractivity contribution in [3.63, 3.8) is 0 Å². The Bertz CT molecular complexity index is 2010. The van der Waals surface area contributed by atoms with E-state index in [9.17, 15) is 32.5 Å². The number of carbonyl (C=O) groups excluding carboxylic acids is 2. The topological polar surface area (TPSA) is 154 Å². The van der Waals surface area contributed by atoms with Crippen LogP contribution in [0, 0.1) is 0 Å². The van der Waals surface area contributed by atoms with Crippen LogP contribution in [0.3, 0.4) is 0 Å². The standard InChI is InChI=1S/C38H36F2N6O6S2/c1-23(45-19-11-12-20-45)27-22-54(51)34-30(33(48)46(34)31(27)35(49)50)42-32(47)29(44-52-36(39)40)28-21-53-37(41-28)43-38(24-13-5-2-6-14-24,25-15-7-3-8-16-25)26-17-9-4-10-18-26/h2-10,13-18,21,23,30,34,36H,11-12,19-20,22H2,1H3,(H,41,43)(H,42,47)(H,49,50)/b44-29+/t23?,30?,34-,54?/m1/s1. The zero-order valence-corrected chi connectivity index (χ0v) is 30.6. The average molecular weight is 775 g/mol. The lowest BCUT2D eigenvalue weighted by molar-refractivity contribution is -0.150. The molecule has 280 valence electrons. The van der Waals surface area contributed by atoms with Crippen molar-refractivity contribution in [2.75, 3.05) is 24.2 Å². The SMILES string of the molecule is CC(C1=C(C(=O)O)N2C(=O)C(NC(=O)/C(=N/OC(F)F)c3csc(NC(c4ccccc4)(c4ccccc4)c4ccccc4)n3)[C@H]2S(=O)C1)N1CCCC1. The third-order valence-electron chi connectivity index (χ3n) is 9.94. The Balaban J connectivity index is 1.19. The number of β-lactam (4-membered cyclic amide) rings is 1. The molecule has 3 unspecified atom stereocenters. The lowest BCUT2D eigenvalue weighted by atomic mass is 9.77. The minimum Gasteiger partial charge on any atom is -0.477 e. The second kappa shape index (κ2) is 15.6. The summed E-state index contributed by atoms with van der Waals surface area (Å²) in [6, 6.07) is 27.2. The van der Waals surface area contributed by atoms with Crippen LogP contribution in [0.15, 0.2) is 113 Å². The monoisotopic (exact) mass is 774 g/mol. The fourth-order valence-electron chi connectivity index (χ4n) is 7.36. The lowest BCUT2D eigenvalue weighted by Gasteiger charge is -2.50. The molecule has 4 aromatic rings. The maximum atomic E-state index is 13.8. The second-order valence-electron chi connectivity index (χ2n) is 13.0. The van der Waals surface area contributed by atoms with Gasteiger partial charge in [-0.25, -0.2) is 9.78 Å². The van der Waals surface area contributed by atoms with Gasteiger partial charge in [-0.15, -0.1) is 11.3 Å². The summed E-state index contributed by atoms with van der Waals surface area (Å²) in [5.74, 6) is -3.34. The molecule has 0 radical (unpaired) electrons. The first-order valence-corrected chi connectivity index (χ1v) is 19.5. The molecule has 3 N–H and O–H groups in total. The van der Waals surface area contributed by atoms with E-state index in [-0.39, 0.29) is 23.2 Å². The van der Waals surface area contributed by atoms with Crippen molar-refractivity contribution in [1.82, 2.24) is 20.1 Å². The van der Waals surface area contributed by atoms with Gasteiger partial charge in [0, 0.05) is 11.4 Å². The van der Waals surface area contributed by atoms with E-state index in [1.165, 1.54) is 5.38 Å². The summed E-state index contributed by atoms with van der Waals surface area (Å²) < 4.78 is 40.2. The van der Waals surface area contributed by atoms with E-state index in [1.807, 2.05) is 97.9 Å². The first kappa shape index (κ1) is 37.0. The zero-order chi connectivity index (χ0) is 38.0. The molecule has 3 aromatic carbocycles. The number of likely N-dealkylation sites (tertiary alicyclic amines) is 1. The number of nitrogens with zero attached hydrogens (tertiary/aromatic N) is 4. The quantitative estimate of drug-likeness (QED) is 0.0758. The molecule has 12 nitrogen and oxygen atoms in total. The number of nitrogens with one attached hydrogen (secondary N) is 2. The Kier molecular flexibility index (Phi) is 10.7. The number of alkyl halides is 2. The van der Waals surface area contributed by atoms with Crippen molar-refractivity contribution < 1.29 is 37.3 Å². The Morgan fingerprint density at radius 1 is 0.981 bits per heavy atom. The third-order valence-corrected chi connectivity index (χ3v) is 12.3. The molecule has 0 saturated carbocycles. The summed E-state index contributed by atoms with van der Waals surface area (Å²) in [7, 11) is -1.79. The summed E-state index contributed by atoms with van der Waals surface area (Å²) in [5.41, 5.74) is 0.947. The highest BCUT2D eigenvalue weighted by Crippen LogP contribution is 2.41. The predicted molar refractivity (Wildman–Crippen MR) is 199 cm³/mol. The number of thiazole rings is 1. The van der Waals surface area contributed by atoms with Crippen LogP contribution in [-0.2, 0) is 35.6 Å². The van der Waals surface area contributed by atoms with Crippen LogP contribution in [0.25, 0.3) is 0 Å². The second-order valence-corrected chi connectivity index (χ2v) is 15.4. The fourth-order valence-corrected chi connectivity index (χ4v) is 9.90. The molecule has 2 amide bonds. The molecule has 3 aliphatic rings. The number of halogens is 2. The highest BCUT2D eigenvalue weighted by Gasteiger charge is 2.58. The predicted octanol–water partition coefficient (Wildman–Crippen LogP) is 4.73. The molecule has 2 fully saturated rings. The number of benzene rings is 3. The molecule has 3 aliphatic heterocycles. The number of hydrogen-bond acceptors (Lipinski definition) is 10. The molecule has 7 rings (SSSR count). The number of oxime groups is 1. The number of carbonyl (C=O) groups is 3. The van der Waals surface area contributed by atoms with E-state index in [2.05, 4.69) is 30.5 Å². The maximum Gasteiger partial charge on any atom is 0.407 e. The number of carboxylic acids is 1. The van der Waals surface area contributed by atoms with Gasteiger partial charge < -0.3 is 20.6 Å². The van der Waals surface area contributed by atoms with Crippen molar-refractivity contribution in [2.45, 2.75) is 49.4 Å². The molecule has 0 bridgehead atoms. The first-order valence-electron chi connectivity index (χ1n) is 17.2. The normalized spacial score (nSPS) is 21.0. The van der Waals surface area contributed by atoms with Crippen molar-refractivity contribution in [1.29, 1.82) is 0 Å². The van der Waals surface area contributed by atoms with E-state index < -0.39 is 57.9 Å². The fraction of sp³-hybridized carbons (Fsp3) is 0.289. The first-order chi connectivity index (χ1) is 26.1. The number of amides is 2. The van der Waals surface area contributed by atoms with Crippen LogP contribution in [0.5, 0.6) is 0 Å². The van der Waals surface area contributed by atoms with Crippen LogP contribution in [0.4, 0.5) is 13.9 Å². The molecule has 54 heavy (non-hydrogen) atoms. The van der Waals surface area contributed by atoms with Gasteiger partial charge in [0.15, 0.2) is 10.8 Å². The van der Waals surface area contributed by atoms with Crippen LogP contribution in [0.2, 0.25) is 0 Å². The van der Waals surface area contributed by atoms with Gasteiger partial charge in [0.05, 0.1) is 16.6 Å². The van der Waals surface area contributed by atoms with Gasteiger partial charge in [-0.2, -0.15) is 8.78 Å². The third kappa shape index (κ3) is 6.92. The van der Waals surface area contributed by atoms with Gasteiger partial charge >= 0.3 is 12.6 Å². The Labute approximate surface area is 316 Å². The van der Waals surface area contributed by atoms with E-state index in [0.717, 1.165) is 58.9 Å². The highest BCUT2D eigenvalue weighted by molar-refractivity contribution is 7.86. The van der Waals surface area contributed by atoms with Crippen molar-refractivity contribution in [3.8, 4) is 0 Å². The van der Waals surface area contributed by atoms with Crippen LogP contribution >= 0.6 is 11.3 Å². The molecule has 16 heteroatoms. The maximum absolute atomic E-state index is 13.8. The molecule has 4 atom stereocenters. The number of aromatic nitrogens is 1. The molecule has 2 saturated heterocycles. The molecule has 4 heterocycles. The number of rotatable bonds is 13. The molecule has 0 aliphatic carbocycles. The number of fused-ring (bicyclic) bond motifs is 1. The smallest absolute Gasteiger partial charge is 0.407 e. The van der Waals surface area contributed by atoms with Crippen molar-refractivity contribution >= 4 is 50.8 Å². The molecular formula is C38H36F2N6O6S2. The van der Waals surface area contributed by atoms with E-state index in [4.69, 9.17) is 0 Å². The van der Waals surface area contributed by atoms with Gasteiger partial charge in [0.1, 0.15) is 28.3 Å². The van der Waals surface area contributed by atoms with E-state index in [1.54, 1.807) is 0 Å². The number of carboxylic acid groups (broad SMARTS) is 1. The number of hydrogen-bond donors (Lipinski definition) is 3. The van der Waals surface area contributed by atoms with E-state index in [0.29, 0.717) is 10.7 Å². The molecular weight excluding hydrogens is 739 g/mol. The van der Waals surface area contributed by atoms with Crippen LogP contribution < -0.4 is 10.6 Å². The Hall–Kier alpha value is -5.32. The zero-order valence-electron chi connectivity index (χ0n) is 28.9. The average Bonchev–Trinajstić information content (AvgIpc) is 3.90. The highest BCUT2D eigenvalue weighted by atomic mass is 32.2. The number of anilines is 1. The molecule has 0 spiro atoms. The van der Waals surface area contributed by atoms with Crippen molar-refractivity contribution in [3.05, 3.63) is 130 Å². The summed E-state index contributed by atoms with van der Waals surface area (Å²) in [6.07, 6.45) is 1.90. The summed E-state index contributed by atoms with van der Waals surface area (Å²) in [4.78, 5) is 51.6. The number of aliphatic carboxylic acids is 1. The van der Waals surface area contributed by atoms with Crippen molar-refractivity contribution in [2.24, 2.45) is 5.16 Å². The van der Waals surface area contributed by atoms with Gasteiger partial charge in [-0.05, 0) is 55.1 Å². The van der Waals surface area contributed by atoms with Crippen LogP contribution in [0.1, 0.15) is 42.1 Å².